The quantitative estimate of drug-likeness (QED) is 0.661. The highest BCUT2D eigenvalue weighted by molar-refractivity contribution is 7.89. The van der Waals surface area contributed by atoms with Crippen molar-refractivity contribution in [3.05, 3.63) is 59.7 Å². The molecule has 7 heteroatoms. The van der Waals surface area contributed by atoms with Crippen molar-refractivity contribution in [1.29, 1.82) is 0 Å². The molecule has 0 aliphatic rings. The SMILES string of the molecule is CCOC(=O)c1ccc(CN(CC)S(=O)(=O)c2ccc(OC)cc2)cc1. The lowest BCUT2D eigenvalue weighted by Crippen LogP contribution is -2.30. The van der Waals surface area contributed by atoms with E-state index in [2.05, 4.69) is 0 Å². The van der Waals surface area contributed by atoms with Crippen molar-refractivity contribution in [3.63, 3.8) is 0 Å². The molecule has 0 saturated heterocycles. The average Bonchev–Trinajstić information content (AvgIpc) is 2.66. The number of rotatable bonds is 8. The van der Waals surface area contributed by atoms with Crippen LogP contribution in [0.2, 0.25) is 0 Å². The molecular weight excluding hydrogens is 354 g/mol. The molecule has 140 valence electrons. The van der Waals surface area contributed by atoms with E-state index in [1.165, 1.54) is 23.5 Å². The summed E-state index contributed by atoms with van der Waals surface area (Å²) in [6.45, 7) is 4.38. The van der Waals surface area contributed by atoms with Gasteiger partial charge in [0, 0.05) is 13.1 Å². The Kier molecular flexibility index (Phi) is 6.76. The fourth-order valence-corrected chi connectivity index (χ4v) is 3.86. The van der Waals surface area contributed by atoms with Crippen molar-refractivity contribution < 1.29 is 22.7 Å². The minimum absolute atomic E-state index is 0.211. The average molecular weight is 377 g/mol. The molecule has 2 aromatic carbocycles. The van der Waals surface area contributed by atoms with E-state index in [1.807, 2.05) is 0 Å². The fraction of sp³-hybridized carbons (Fsp3) is 0.316. The summed E-state index contributed by atoms with van der Waals surface area (Å²) >= 11 is 0. The van der Waals surface area contributed by atoms with E-state index in [4.69, 9.17) is 9.47 Å². The first-order valence-corrected chi connectivity index (χ1v) is 9.76. The number of carbonyl (C=O) groups is 1. The molecule has 0 bridgehead atoms. The van der Waals surface area contributed by atoms with Gasteiger partial charge in [-0.15, -0.1) is 0 Å². The molecule has 0 radical (unpaired) electrons. The minimum atomic E-state index is -3.62. The number of nitrogens with zero attached hydrogens (tertiary/aromatic N) is 1. The number of hydrogen-bond acceptors (Lipinski definition) is 5. The fourth-order valence-electron chi connectivity index (χ4n) is 2.43. The Hall–Kier alpha value is -2.38. The van der Waals surface area contributed by atoms with E-state index in [1.54, 1.807) is 50.2 Å². The van der Waals surface area contributed by atoms with Gasteiger partial charge in [-0.3, -0.25) is 0 Å². The number of sulfonamides is 1. The maximum atomic E-state index is 12.8. The molecule has 0 unspecified atom stereocenters. The van der Waals surface area contributed by atoms with Crippen LogP contribution in [0.3, 0.4) is 0 Å². The molecule has 0 spiro atoms. The normalized spacial score (nSPS) is 11.4. The number of carbonyl (C=O) groups excluding carboxylic acids is 1. The van der Waals surface area contributed by atoms with E-state index in [9.17, 15) is 13.2 Å². The van der Waals surface area contributed by atoms with Crippen molar-refractivity contribution in [3.8, 4) is 5.75 Å². The zero-order chi connectivity index (χ0) is 19.2. The van der Waals surface area contributed by atoms with Gasteiger partial charge in [0.1, 0.15) is 5.75 Å². The van der Waals surface area contributed by atoms with Crippen molar-refractivity contribution in [2.45, 2.75) is 25.3 Å². The molecule has 0 fully saturated rings. The summed E-state index contributed by atoms with van der Waals surface area (Å²) in [6.07, 6.45) is 0. The zero-order valence-corrected chi connectivity index (χ0v) is 16.0. The van der Waals surface area contributed by atoms with E-state index < -0.39 is 16.0 Å². The number of esters is 1. The van der Waals surface area contributed by atoms with Crippen molar-refractivity contribution >= 4 is 16.0 Å². The second-order valence-corrected chi connectivity index (χ2v) is 7.46. The van der Waals surface area contributed by atoms with Gasteiger partial charge in [0.15, 0.2) is 0 Å². The van der Waals surface area contributed by atoms with E-state index >= 15 is 0 Å². The van der Waals surface area contributed by atoms with Crippen LogP contribution in [0.4, 0.5) is 0 Å². The molecule has 0 aliphatic carbocycles. The van der Waals surface area contributed by atoms with Crippen LogP contribution in [0.1, 0.15) is 29.8 Å². The van der Waals surface area contributed by atoms with Gasteiger partial charge in [0.25, 0.3) is 0 Å². The maximum Gasteiger partial charge on any atom is 0.338 e. The second-order valence-electron chi connectivity index (χ2n) is 5.52. The number of benzene rings is 2. The molecule has 0 saturated carbocycles. The Morgan fingerprint density at radius 3 is 2.12 bits per heavy atom. The van der Waals surface area contributed by atoms with Gasteiger partial charge >= 0.3 is 5.97 Å². The molecule has 0 aromatic heterocycles. The predicted octanol–water partition coefficient (Wildman–Crippen LogP) is 3.08. The summed E-state index contributed by atoms with van der Waals surface area (Å²) in [5.41, 5.74) is 1.23. The van der Waals surface area contributed by atoms with Crippen LogP contribution in [0.5, 0.6) is 5.75 Å². The second kappa shape index (κ2) is 8.82. The molecular formula is C19H23NO5S. The molecule has 2 rings (SSSR count). The van der Waals surface area contributed by atoms with Crippen molar-refractivity contribution in [2.24, 2.45) is 0 Å². The molecule has 6 nitrogen and oxygen atoms in total. The molecule has 26 heavy (non-hydrogen) atoms. The number of methoxy groups -OCH3 is 1. The smallest absolute Gasteiger partial charge is 0.338 e. The van der Waals surface area contributed by atoms with Gasteiger partial charge < -0.3 is 9.47 Å². The van der Waals surface area contributed by atoms with Crippen LogP contribution in [-0.4, -0.2) is 39.0 Å². The standard InChI is InChI=1S/C19H23NO5S/c1-4-20(26(22,23)18-12-10-17(24-3)11-13-18)14-15-6-8-16(9-7-15)19(21)25-5-2/h6-13H,4-5,14H2,1-3H3. The third kappa shape index (κ3) is 4.62. The zero-order valence-electron chi connectivity index (χ0n) is 15.1. The minimum Gasteiger partial charge on any atom is -0.497 e. The van der Waals surface area contributed by atoms with E-state index in [0.29, 0.717) is 24.5 Å². The summed E-state index contributed by atoms with van der Waals surface area (Å²) in [5.74, 6) is 0.207. The summed E-state index contributed by atoms with van der Waals surface area (Å²) in [5, 5.41) is 0. The number of hydrogen-bond donors (Lipinski definition) is 0. The van der Waals surface area contributed by atoms with Crippen LogP contribution in [0.15, 0.2) is 53.4 Å². The Morgan fingerprint density at radius 2 is 1.62 bits per heavy atom. The Balaban J connectivity index is 2.18. The lowest BCUT2D eigenvalue weighted by molar-refractivity contribution is 0.0526. The largest absolute Gasteiger partial charge is 0.497 e. The summed E-state index contributed by atoms with van der Waals surface area (Å²) in [7, 11) is -2.09. The van der Waals surface area contributed by atoms with Crippen LogP contribution in [-0.2, 0) is 21.3 Å². The Morgan fingerprint density at radius 1 is 1.00 bits per heavy atom. The maximum absolute atomic E-state index is 12.8. The van der Waals surface area contributed by atoms with Crippen molar-refractivity contribution in [2.75, 3.05) is 20.3 Å². The molecule has 0 aliphatic heterocycles. The van der Waals surface area contributed by atoms with Gasteiger partial charge in [-0.2, -0.15) is 4.31 Å². The van der Waals surface area contributed by atoms with E-state index in [0.717, 1.165) is 5.56 Å². The molecule has 0 atom stereocenters. The first-order chi connectivity index (χ1) is 12.4. The summed E-state index contributed by atoms with van der Waals surface area (Å²) < 4.78 is 37.1. The summed E-state index contributed by atoms with van der Waals surface area (Å²) in [4.78, 5) is 11.9. The van der Waals surface area contributed by atoms with Gasteiger partial charge in [0.2, 0.25) is 10.0 Å². The molecule has 0 amide bonds. The van der Waals surface area contributed by atoms with Crippen LogP contribution >= 0.6 is 0 Å². The van der Waals surface area contributed by atoms with Gasteiger partial charge in [-0.1, -0.05) is 19.1 Å². The lowest BCUT2D eigenvalue weighted by Gasteiger charge is -2.21. The van der Waals surface area contributed by atoms with Gasteiger partial charge in [-0.25, -0.2) is 13.2 Å². The highest BCUT2D eigenvalue weighted by Gasteiger charge is 2.23. The number of ether oxygens (including phenoxy) is 2. The van der Waals surface area contributed by atoms with Gasteiger partial charge in [-0.05, 0) is 48.9 Å². The van der Waals surface area contributed by atoms with Crippen LogP contribution < -0.4 is 4.74 Å². The molecule has 0 heterocycles. The Labute approximate surface area is 154 Å². The lowest BCUT2D eigenvalue weighted by atomic mass is 10.1. The van der Waals surface area contributed by atoms with Gasteiger partial charge in [0.05, 0.1) is 24.2 Å². The molecule has 0 N–H and O–H groups in total. The third-order valence-electron chi connectivity index (χ3n) is 3.87. The highest BCUT2D eigenvalue weighted by Crippen LogP contribution is 2.21. The molecule has 2 aromatic rings. The summed E-state index contributed by atoms with van der Waals surface area (Å²) in [6, 6.07) is 13.0. The van der Waals surface area contributed by atoms with Crippen LogP contribution in [0.25, 0.3) is 0 Å². The first kappa shape index (κ1) is 19.9. The van der Waals surface area contributed by atoms with Crippen molar-refractivity contribution in [1.82, 2.24) is 4.31 Å². The first-order valence-electron chi connectivity index (χ1n) is 8.32. The van der Waals surface area contributed by atoms with E-state index in [-0.39, 0.29) is 11.4 Å². The predicted molar refractivity (Wildman–Crippen MR) is 98.7 cm³/mol. The highest BCUT2D eigenvalue weighted by atomic mass is 32.2. The Bertz CT molecular complexity index is 829. The van der Waals surface area contributed by atoms with Crippen LogP contribution in [0, 0.1) is 0 Å². The topological polar surface area (TPSA) is 72.9 Å². The third-order valence-corrected chi connectivity index (χ3v) is 5.81. The monoisotopic (exact) mass is 377 g/mol.